The number of nitrogens with zero attached hydrogens (tertiary/aromatic N) is 5. The first-order valence-electron chi connectivity index (χ1n) is 8.93. The number of esters is 1. The van der Waals surface area contributed by atoms with E-state index < -0.39 is 0 Å². The second kappa shape index (κ2) is 6.78. The van der Waals surface area contributed by atoms with Crippen LogP contribution in [0.3, 0.4) is 0 Å². The molecule has 0 aromatic carbocycles. The Labute approximate surface area is 151 Å². The lowest BCUT2D eigenvalue weighted by Crippen LogP contribution is -2.35. The van der Waals surface area contributed by atoms with Crippen LogP contribution in [0.2, 0.25) is 0 Å². The molecule has 136 valence electrons. The molecule has 3 aromatic heterocycles. The molecule has 4 rings (SSSR count). The highest BCUT2D eigenvalue weighted by Crippen LogP contribution is 2.29. The quantitative estimate of drug-likeness (QED) is 0.724. The molecule has 1 fully saturated rings. The van der Waals surface area contributed by atoms with Crippen LogP contribution in [0, 0.1) is 6.92 Å². The van der Waals surface area contributed by atoms with Crippen LogP contribution in [-0.2, 0) is 4.74 Å². The largest absolute Gasteiger partial charge is 0.462 e. The van der Waals surface area contributed by atoms with E-state index in [0.29, 0.717) is 12.2 Å². The van der Waals surface area contributed by atoms with Gasteiger partial charge in [-0.2, -0.15) is 5.10 Å². The maximum Gasteiger partial charge on any atom is 0.341 e. The summed E-state index contributed by atoms with van der Waals surface area (Å²) in [6.45, 7) is 5.85. The average molecular weight is 354 g/mol. The van der Waals surface area contributed by atoms with Gasteiger partial charge >= 0.3 is 5.97 Å². The second-order valence-electron chi connectivity index (χ2n) is 6.48. The second-order valence-corrected chi connectivity index (χ2v) is 6.48. The van der Waals surface area contributed by atoms with Crippen LogP contribution in [0.25, 0.3) is 11.0 Å². The van der Waals surface area contributed by atoms with Gasteiger partial charge in [0.1, 0.15) is 17.3 Å². The Morgan fingerprint density at radius 3 is 2.92 bits per heavy atom. The topological polar surface area (TPSA) is 88.9 Å². The summed E-state index contributed by atoms with van der Waals surface area (Å²) < 4.78 is 6.92. The third-order valence-corrected chi connectivity index (χ3v) is 4.76. The molecule has 3 aromatic rings. The standard InChI is InChI=1S/C18H22N6O2/c1-3-26-18(25)13-10-20-24(11-13)14-5-8-23(9-6-14)17-15-4-7-19-16(15)21-12(2)22-17/h4,7,10-11,14H,3,5-6,8-9H2,1-2H3,(H,19,21,22). The Kier molecular flexibility index (Phi) is 4.32. The number of carbonyl (C=O) groups is 1. The molecular formula is C18H22N6O2. The molecule has 8 nitrogen and oxygen atoms in total. The van der Waals surface area contributed by atoms with E-state index in [4.69, 9.17) is 4.74 Å². The molecule has 0 saturated carbocycles. The van der Waals surface area contributed by atoms with Gasteiger partial charge in [-0.25, -0.2) is 14.8 Å². The van der Waals surface area contributed by atoms with Crippen LogP contribution in [-0.4, -0.2) is 50.4 Å². The molecule has 1 saturated heterocycles. The van der Waals surface area contributed by atoms with Gasteiger partial charge in [-0.05, 0) is 32.8 Å². The summed E-state index contributed by atoms with van der Waals surface area (Å²) in [5.41, 5.74) is 1.38. The van der Waals surface area contributed by atoms with E-state index >= 15 is 0 Å². The highest BCUT2D eigenvalue weighted by atomic mass is 16.5. The van der Waals surface area contributed by atoms with E-state index in [1.807, 2.05) is 23.9 Å². The van der Waals surface area contributed by atoms with Gasteiger partial charge in [0.2, 0.25) is 0 Å². The molecule has 1 aliphatic heterocycles. The lowest BCUT2D eigenvalue weighted by molar-refractivity contribution is 0.0526. The molecule has 1 aliphatic rings. The van der Waals surface area contributed by atoms with E-state index in [1.54, 1.807) is 19.3 Å². The van der Waals surface area contributed by atoms with Crippen molar-refractivity contribution in [2.75, 3.05) is 24.6 Å². The smallest absolute Gasteiger partial charge is 0.341 e. The number of fused-ring (bicyclic) bond motifs is 1. The summed E-state index contributed by atoms with van der Waals surface area (Å²) in [4.78, 5) is 26.4. The van der Waals surface area contributed by atoms with Gasteiger partial charge in [0, 0.05) is 25.5 Å². The minimum atomic E-state index is -0.317. The number of aromatic nitrogens is 5. The van der Waals surface area contributed by atoms with Gasteiger partial charge in [-0.3, -0.25) is 4.68 Å². The van der Waals surface area contributed by atoms with Crippen LogP contribution < -0.4 is 4.90 Å². The summed E-state index contributed by atoms with van der Waals surface area (Å²) in [5.74, 6) is 1.44. The van der Waals surface area contributed by atoms with Crippen molar-refractivity contribution in [1.29, 1.82) is 0 Å². The van der Waals surface area contributed by atoms with Gasteiger partial charge in [-0.1, -0.05) is 0 Å². The van der Waals surface area contributed by atoms with Crippen molar-refractivity contribution in [2.24, 2.45) is 0 Å². The van der Waals surface area contributed by atoms with E-state index in [1.165, 1.54) is 0 Å². The highest BCUT2D eigenvalue weighted by molar-refractivity contribution is 5.89. The molecule has 0 spiro atoms. The zero-order chi connectivity index (χ0) is 18.1. The Bertz CT molecular complexity index is 923. The average Bonchev–Trinajstić information content (AvgIpc) is 3.31. The highest BCUT2D eigenvalue weighted by Gasteiger charge is 2.24. The number of hydrogen-bond donors (Lipinski definition) is 1. The van der Waals surface area contributed by atoms with E-state index in [-0.39, 0.29) is 12.0 Å². The first kappa shape index (κ1) is 16.6. The lowest BCUT2D eigenvalue weighted by Gasteiger charge is -2.33. The fourth-order valence-electron chi connectivity index (χ4n) is 3.47. The Hall–Kier alpha value is -2.90. The van der Waals surface area contributed by atoms with Crippen molar-refractivity contribution in [3.05, 3.63) is 36.0 Å². The first-order valence-corrected chi connectivity index (χ1v) is 8.93. The van der Waals surface area contributed by atoms with E-state index in [2.05, 4.69) is 25.0 Å². The van der Waals surface area contributed by atoms with Crippen LogP contribution in [0.1, 0.15) is 42.0 Å². The van der Waals surface area contributed by atoms with Gasteiger partial charge in [0.25, 0.3) is 0 Å². The van der Waals surface area contributed by atoms with Gasteiger partial charge in [0.05, 0.1) is 29.8 Å². The Morgan fingerprint density at radius 1 is 1.35 bits per heavy atom. The molecule has 26 heavy (non-hydrogen) atoms. The zero-order valence-electron chi connectivity index (χ0n) is 15.0. The lowest BCUT2D eigenvalue weighted by atomic mass is 10.1. The van der Waals surface area contributed by atoms with Crippen LogP contribution >= 0.6 is 0 Å². The number of anilines is 1. The van der Waals surface area contributed by atoms with Crippen molar-refractivity contribution in [2.45, 2.75) is 32.7 Å². The predicted octanol–water partition coefficient (Wildman–Crippen LogP) is 2.48. The van der Waals surface area contributed by atoms with Crippen molar-refractivity contribution in [3.8, 4) is 0 Å². The molecule has 1 N–H and O–H groups in total. The summed E-state index contributed by atoms with van der Waals surface area (Å²) in [7, 11) is 0. The number of rotatable bonds is 4. The number of piperidine rings is 1. The molecular weight excluding hydrogens is 332 g/mol. The fraction of sp³-hybridized carbons (Fsp3) is 0.444. The molecule has 0 atom stereocenters. The maximum atomic E-state index is 11.8. The van der Waals surface area contributed by atoms with Crippen LogP contribution in [0.5, 0.6) is 0 Å². The number of aromatic amines is 1. The number of nitrogens with one attached hydrogen (secondary N) is 1. The zero-order valence-corrected chi connectivity index (χ0v) is 15.0. The third-order valence-electron chi connectivity index (χ3n) is 4.76. The summed E-state index contributed by atoms with van der Waals surface area (Å²) in [6, 6.07) is 2.30. The fourth-order valence-corrected chi connectivity index (χ4v) is 3.47. The van der Waals surface area contributed by atoms with Crippen LogP contribution in [0.15, 0.2) is 24.7 Å². The molecule has 0 radical (unpaired) electrons. The minimum absolute atomic E-state index is 0.277. The molecule has 4 heterocycles. The molecule has 0 aliphatic carbocycles. The first-order chi connectivity index (χ1) is 12.7. The minimum Gasteiger partial charge on any atom is -0.462 e. The van der Waals surface area contributed by atoms with Crippen molar-refractivity contribution in [3.63, 3.8) is 0 Å². The molecule has 0 bridgehead atoms. The van der Waals surface area contributed by atoms with Crippen molar-refractivity contribution in [1.82, 2.24) is 24.7 Å². The van der Waals surface area contributed by atoms with Gasteiger partial charge in [0.15, 0.2) is 0 Å². The van der Waals surface area contributed by atoms with Gasteiger partial charge in [-0.15, -0.1) is 0 Å². The number of ether oxygens (including phenoxy) is 1. The monoisotopic (exact) mass is 354 g/mol. The van der Waals surface area contributed by atoms with Gasteiger partial charge < -0.3 is 14.6 Å². The molecule has 0 unspecified atom stereocenters. The van der Waals surface area contributed by atoms with Crippen molar-refractivity contribution >= 4 is 22.8 Å². The number of H-pyrrole nitrogens is 1. The number of carbonyl (C=O) groups excluding carboxylic acids is 1. The molecule has 8 heteroatoms. The van der Waals surface area contributed by atoms with E-state index in [0.717, 1.165) is 48.6 Å². The Balaban J connectivity index is 1.47. The summed E-state index contributed by atoms with van der Waals surface area (Å²) >= 11 is 0. The summed E-state index contributed by atoms with van der Waals surface area (Å²) in [6.07, 6.45) is 7.16. The Morgan fingerprint density at radius 2 is 2.15 bits per heavy atom. The third kappa shape index (κ3) is 3.02. The van der Waals surface area contributed by atoms with E-state index in [9.17, 15) is 4.79 Å². The van der Waals surface area contributed by atoms with Crippen LogP contribution in [0.4, 0.5) is 5.82 Å². The number of hydrogen-bond acceptors (Lipinski definition) is 6. The number of aryl methyl sites for hydroxylation is 1. The normalized spacial score (nSPS) is 15.5. The summed E-state index contributed by atoms with van der Waals surface area (Å²) in [5, 5.41) is 5.42. The predicted molar refractivity (Wildman–Crippen MR) is 97.3 cm³/mol. The molecule has 0 amide bonds. The SMILES string of the molecule is CCOC(=O)c1cnn(C2CCN(c3nc(C)nc4[nH]ccc34)CC2)c1. The maximum absolute atomic E-state index is 11.8. The van der Waals surface area contributed by atoms with Crippen molar-refractivity contribution < 1.29 is 9.53 Å².